The maximum absolute atomic E-state index is 12.0. The summed E-state index contributed by atoms with van der Waals surface area (Å²) in [4.78, 5) is 16.1. The summed E-state index contributed by atoms with van der Waals surface area (Å²) in [6, 6.07) is 3.46. The number of hydrogen-bond donors (Lipinski definition) is 2. The van der Waals surface area contributed by atoms with E-state index < -0.39 is 6.10 Å². The fourth-order valence-corrected chi connectivity index (χ4v) is 2.19. The third kappa shape index (κ3) is 5.20. The molecule has 0 aliphatic carbocycles. The molecular weight excluding hydrogens is 260 g/mol. The monoisotopic (exact) mass is 282 g/mol. The van der Waals surface area contributed by atoms with Crippen molar-refractivity contribution in [1.29, 1.82) is 0 Å². The van der Waals surface area contributed by atoms with Crippen molar-refractivity contribution >= 4 is 17.7 Å². The van der Waals surface area contributed by atoms with Gasteiger partial charge in [-0.3, -0.25) is 4.79 Å². The Morgan fingerprint density at radius 3 is 2.89 bits per heavy atom. The van der Waals surface area contributed by atoms with Gasteiger partial charge >= 0.3 is 0 Å². The quantitative estimate of drug-likeness (QED) is 0.754. The summed E-state index contributed by atoms with van der Waals surface area (Å²) in [6.45, 7) is 6.32. The van der Waals surface area contributed by atoms with E-state index >= 15 is 0 Å². The molecule has 1 heterocycles. The molecule has 1 aromatic heterocycles. The highest BCUT2D eigenvalue weighted by molar-refractivity contribution is 7.99. The number of amides is 1. The molecule has 2 N–H and O–H groups in total. The molecule has 0 fully saturated rings. The Hall–Kier alpha value is -1.07. The number of nitrogens with zero attached hydrogens (tertiary/aromatic N) is 1. The molecule has 0 aromatic carbocycles. The Morgan fingerprint density at radius 2 is 2.26 bits per heavy atom. The van der Waals surface area contributed by atoms with E-state index in [1.54, 1.807) is 30.1 Å². The minimum Gasteiger partial charge on any atom is -0.391 e. The van der Waals surface area contributed by atoms with Crippen LogP contribution in [-0.4, -0.2) is 34.4 Å². The van der Waals surface area contributed by atoms with E-state index in [1.165, 1.54) is 0 Å². The van der Waals surface area contributed by atoms with Crippen molar-refractivity contribution < 1.29 is 9.90 Å². The van der Waals surface area contributed by atoms with Crippen LogP contribution in [0.1, 0.15) is 37.6 Å². The second-order valence-electron chi connectivity index (χ2n) is 4.48. The molecule has 2 atom stereocenters. The van der Waals surface area contributed by atoms with E-state index in [1.807, 2.05) is 20.8 Å². The van der Waals surface area contributed by atoms with E-state index in [4.69, 9.17) is 0 Å². The summed E-state index contributed by atoms with van der Waals surface area (Å²) >= 11 is 1.60. The highest BCUT2D eigenvalue weighted by Crippen LogP contribution is 2.15. The molecule has 106 valence electrons. The second-order valence-corrected chi connectivity index (χ2v) is 5.76. The zero-order valence-electron chi connectivity index (χ0n) is 11.7. The number of nitrogens with one attached hydrogen (secondary N) is 1. The number of aromatic nitrogens is 1. The van der Waals surface area contributed by atoms with Crippen LogP contribution in [0.25, 0.3) is 0 Å². The van der Waals surface area contributed by atoms with Crippen LogP contribution < -0.4 is 5.32 Å². The largest absolute Gasteiger partial charge is 0.391 e. The summed E-state index contributed by atoms with van der Waals surface area (Å²) in [6.07, 6.45) is 2.03. The average molecular weight is 282 g/mol. The Morgan fingerprint density at radius 1 is 1.53 bits per heavy atom. The van der Waals surface area contributed by atoms with Crippen LogP contribution in [0.4, 0.5) is 0 Å². The summed E-state index contributed by atoms with van der Waals surface area (Å²) in [5.41, 5.74) is 0.585. The maximum atomic E-state index is 12.0. The molecule has 0 spiro atoms. The van der Waals surface area contributed by atoms with Crippen LogP contribution >= 0.6 is 11.8 Å². The topological polar surface area (TPSA) is 62.2 Å². The molecule has 4 nitrogen and oxygen atoms in total. The SMILES string of the molecule is CCSc1cc(C(=O)NCC(O)C(C)CC)ccn1. The first-order valence-corrected chi connectivity index (χ1v) is 7.62. The van der Waals surface area contributed by atoms with Crippen LogP contribution in [0.2, 0.25) is 0 Å². The van der Waals surface area contributed by atoms with Crippen molar-refractivity contribution in [2.24, 2.45) is 5.92 Å². The zero-order valence-corrected chi connectivity index (χ0v) is 12.5. The molecule has 1 amide bonds. The predicted octanol–water partition coefficient (Wildman–Crippen LogP) is 2.33. The maximum Gasteiger partial charge on any atom is 0.251 e. The van der Waals surface area contributed by atoms with Crippen molar-refractivity contribution in [3.63, 3.8) is 0 Å². The van der Waals surface area contributed by atoms with Gasteiger partial charge in [0.15, 0.2) is 0 Å². The molecule has 0 bridgehead atoms. The molecule has 1 rings (SSSR count). The summed E-state index contributed by atoms with van der Waals surface area (Å²) < 4.78 is 0. The van der Waals surface area contributed by atoms with Gasteiger partial charge in [-0.15, -0.1) is 11.8 Å². The fourth-order valence-electron chi connectivity index (χ4n) is 1.55. The van der Waals surface area contributed by atoms with Crippen LogP contribution in [-0.2, 0) is 0 Å². The number of rotatable bonds is 7. The molecule has 0 aliphatic rings. The van der Waals surface area contributed by atoms with E-state index in [0.717, 1.165) is 17.2 Å². The smallest absolute Gasteiger partial charge is 0.251 e. The highest BCUT2D eigenvalue weighted by Gasteiger charge is 2.14. The van der Waals surface area contributed by atoms with Crippen molar-refractivity contribution in [3.05, 3.63) is 23.9 Å². The number of aliphatic hydroxyl groups is 1. The Labute approximate surface area is 119 Å². The van der Waals surface area contributed by atoms with E-state index in [-0.39, 0.29) is 18.4 Å². The zero-order chi connectivity index (χ0) is 14.3. The van der Waals surface area contributed by atoms with Gasteiger partial charge in [-0.25, -0.2) is 4.98 Å². The lowest BCUT2D eigenvalue weighted by Crippen LogP contribution is -2.35. The number of carbonyl (C=O) groups is 1. The van der Waals surface area contributed by atoms with Gasteiger partial charge in [-0.1, -0.05) is 27.2 Å². The van der Waals surface area contributed by atoms with Gasteiger partial charge < -0.3 is 10.4 Å². The minimum atomic E-state index is -0.500. The van der Waals surface area contributed by atoms with Crippen molar-refractivity contribution in [1.82, 2.24) is 10.3 Å². The van der Waals surface area contributed by atoms with Crippen molar-refractivity contribution in [2.45, 2.75) is 38.3 Å². The summed E-state index contributed by atoms with van der Waals surface area (Å²) in [5.74, 6) is 0.941. The number of aliphatic hydroxyl groups excluding tert-OH is 1. The number of thioether (sulfide) groups is 1. The number of carbonyl (C=O) groups excluding carboxylic acids is 1. The molecule has 0 radical (unpaired) electrons. The van der Waals surface area contributed by atoms with Crippen molar-refractivity contribution in [2.75, 3.05) is 12.3 Å². The second kappa shape index (κ2) is 8.17. The Balaban J connectivity index is 2.56. The lowest BCUT2D eigenvalue weighted by Gasteiger charge is -2.17. The Bertz CT molecular complexity index is 412. The van der Waals surface area contributed by atoms with Gasteiger partial charge in [0.05, 0.1) is 11.1 Å². The summed E-state index contributed by atoms with van der Waals surface area (Å²) in [7, 11) is 0. The third-order valence-corrected chi connectivity index (χ3v) is 3.87. The standard InChI is InChI=1S/C14H22N2O2S/c1-4-10(3)12(17)9-16-14(18)11-6-7-15-13(8-11)19-5-2/h6-8,10,12,17H,4-5,9H2,1-3H3,(H,16,18). The average Bonchev–Trinajstić information content (AvgIpc) is 2.44. The van der Waals surface area contributed by atoms with Gasteiger partial charge in [0.1, 0.15) is 0 Å². The van der Waals surface area contributed by atoms with Crippen LogP contribution in [0.15, 0.2) is 23.4 Å². The molecule has 0 saturated heterocycles. The molecule has 2 unspecified atom stereocenters. The first kappa shape index (κ1) is 16.0. The first-order valence-electron chi connectivity index (χ1n) is 6.63. The lowest BCUT2D eigenvalue weighted by atomic mass is 10.0. The fraction of sp³-hybridized carbons (Fsp3) is 0.571. The van der Waals surface area contributed by atoms with Crippen LogP contribution in [0, 0.1) is 5.92 Å². The van der Waals surface area contributed by atoms with Gasteiger partial charge in [0, 0.05) is 18.3 Å². The normalized spacial score (nSPS) is 13.9. The van der Waals surface area contributed by atoms with Crippen molar-refractivity contribution in [3.8, 4) is 0 Å². The first-order chi connectivity index (χ1) is 9.08. The van der Waals surface area contributed by atoms with Gasteiger partial charge in [0.2, 0.25) is 0 Å². The number of pyridine rings is 1. The van der Waals surface area contributed by atoms with Crippen LogP contribution in [0.5, 0.6) is 0 Å². The van der Waals surface area contributed by atoms with E-state index in [9.17, 15) is 9.90 Å². The molecule has 19 heavy (non-hydrogen) atoms. The molecule has 5 heteroatoms. The van der Waals surface area contributed by atoms with Gasteiger partial charge in [0.25, 0.3) is 5.91 Å². The lowest BCUT2D eigenvalue weighted by molar-refractivity contribution is 0.0850. The molecule has 0 aliphatic heterocycles. The van der Waals surface area contributed by atoms with Crippen LogP contribution in [0.3, 0.4) is 0 Å². The minimum absolute atomic E-state index is 0.164. The Kier molecular flexibility index (Phi) is 6.87. The van der Waals surface area contributed by atoms with Gasteiger partial charge in [-0.2, -0.15) is 0 Å². The predicted molar refractivity (Wildman–Crippen MR) is 78.4 cm³/mol. The molecular formula is C14H22N2O2S. The summed E-state index contributed by atoms with van der Waals surface area (Å²) in [5, 5.41) is 13.4. The van der Waals surface area contributed by atoms with E-state index in [0.29, 0.717) is 5.56 Å². The van der Waals surface area contributed by atoms with E-state index in [2.05, 4.69) is 10.3 Å². The molecule has 1 aromatic rings. The molecule has 0 saturated carbocycles. The number of hydrogen-bond acceptors (Lipinski definition) is 4. The van der Waals surface area contributed by atoms with Gasteiger partial charge in [-0.05, 0) is 23.8 Å². The third-order valence-electron chi connectivity index (χ3n) is 3.06. The highest BCUT2D eigenvalue weighted by atomic mass is 32.2.